The second-order valence-electron chi connectivity index (χ2n) is 5.09. The molecule has 1 fully saturated rings. The molecule has 0 radical (unpaired) electrons. The van der Waals surface area contributed by atoms with Gasteiger partial charge in [-0.25, -0.2) is 0 Å². The van der Waals surface area contributed by atoms with Gasteiger partial charge in [-0.1, -0.05) is 31.2 Å². The Morgan fingerprint density at radius 3 is 2.59 bits per heavy atom. The third-order valence-corrected chi connectivity index (χ3v) is 3.59. The third kappa shape index (κ3) is 2.95. The largest absolute Gasteiger partial charge is 0.303 e. The van der Waals surface area contributed by atoms with Gasteiger partial charge >= 0.3 is 0 Å². The van der Waals surface area contributed by atoms with Gasteiger partial charge in [0.2, 0.25) is 0 Å². The Labute approximate surface area is 104 Å². The van der Waals surface area contributed by atoms with E-state index >= 15 is 0 Å². The van der Waals surface area contributed by atoms with E-state index in [9.17, 15) is 4.79 Å². The molecule has 0 bridgehead atoms. The molecule has 2 rings (SSSR count). The predicted octanol–water partition coefficient (Wildman–Crippen LogP) is 2.91. The zero-order chi connectivity index (χ0) is 12.3. The summed E-state index contributed by atoms with van der Waals surface area (Å²) in [5.74, 6) is 0.393. The van der Waals surface area contributed by atoms with E-state index < -0.39 is 0 Å². The maximum absolute atomic E-state index is 12.3. The molecule has 0 amide bonds. The number of aryl methyl sites for hydroxylation is 1. The Kier molecular flexibility index (Phi) is 3.95. The lowest BCUT2D eigenvalue weighted by Gasteiger charge is -2.19. The molecule has 2 nitrogen and oxygen atoms in total. The lowest BCUT2D eigenvalue weighted by molar-refractivity contribution is 0.0902. The SMILES string of the molecule is Cc1ccccc1C(=O)C(C)CN1CCCC1. The van der Waals surface area contributed by atoms with Crippen LogP contribution >= 0.6 is 0 Å². The summed E-state index contributed by atoms with van der Waals surface area (Å²) in [5, 5.41) is 0. The van der Waals surface area contributed by atoms with Gasteiger partial charge in [0.05, 0.1) is 0 Å². The quantitative estimate of drug-likeness (QED) is 0.743. The molecule has 0 saturated carbocycles. The minimum Gasteiger partial charge on any atom is -0.303 e. The van der Waals surface area contributed by atoms with Crippen LogP contribution in [0, 0.1) is 12.8 Å². The number of likely N-dealkylation sites (tertiary alicyclic amines) is 1. The van der Waals surface area contributed by atoms with Crippen molar-refractivity contribution in [2.75, 3.05) is 19.6 Å². The first-order valence-electron chi connectivity index (χ1n) is 6.50. The fraction of sp³-hybridized carbons (Fsp3) is 0.533. The molecule has 0 spiro atoms. The fourth-order valence-corrected chi connectivity index (χ4v) is 2.55. The van der Waals surface area contributed by atoms with Crippen molar-refractivity contribution >= 4 is 5.78 Å². The van der Waals surface area contributed by atoms with E-state index in [1.807, 2.05) is 38.1 Å². The first-order chi connectivity index (χ1) is 8.18. The molecular formula is C15H21NO. The van der Waals surface area contributed by atoms with Crippen molar-refractivity contribution in [3.8, 4) is 0 Å². The van der Waals surface area contributed by atoms with Crippen LogP contribution in [0.3, 0.4) is 0 Å². The Balaban J connectivity index is 2.01. The Hall–Kier alpha value is -1.15. The van der Waals surface area contributed by atoms with Crippen LogP contribution in [0.15, 0.2) is 24.3 Å². The average Bonchev–Trinajstić information content (AvgIpc) is 2.81. The zero-order valence-corrected chi connectivity index (χ0v) is 10.8. The number of benzene rings is 1. The standard InChI is InChI=1S/C15H21NO/c1-12-7-3-4-8-14(12)15(17)13(2)11-16-9-5-6-10-16/h3-4,7-8,13H,5-6,9-11H2,1-2H3. The lowest BCUT2D eigenvalue weighted by Crippen LogP contribution is -2.29. The molecule has 1 aromatic rings. The number of hydrogen-bond acceptors (Lipinski definition) is 2. The Bertz CT molecular complexity index is 394. The maximum Gasteiger partial charge on any atom is 0.167 e. The van der Waals surface area contributed by atoms with E-state index in [0.717, 1.165) is 30.8 Å². The van der Waals surface area contributed by atoms with Crippen molar-refractivity contribution in [3.05, 3.63) is 35.4 Å². The molecule has 92 valence electrons. The van der Waals surface area contributed by atoms with Crippen LogP contribution in [0.2, 0.25) is 0 Å². The van der Waals surface area contributed by atoms with Crippen molar-refractivity contribution in [1.29, 1.82) is 0 Å². The first kappa shape index (κ1) is 12.3. The van der Waals surface area contributed by atoms with Gasteiger partial charge in [0, 0.05) is 18.0 Å². The van der Waals surface area contributed by atoms with Crippen molar-refractivity contribution in [2.24, 2.45) is 5.92 Å². The molecule has 0 N–H and O–H groups in total. The van der Waals surface area contributed by atoms with E-state index in [2.05, 4.69) is 4.90 Å². The van der Waals surface area contributed by atoms with Gasteiger partial charge in [-0.2, -0.15) is 0 Å². The van der Waals surface area contributed by atoms with Crippen LogP contribution in [-0.2, 0) is 0 Å². The minimum atomic E-state index is 0.106. The molecule has 1 aliphatic rings. The van der Waals surface area contributed by atoms with Crippen LogP contribution < -0.4 is 0 Å². The van der Waals surface area contributed by atoms with Crippen LogP contribution in [0.25, 0.3) is 0 Å². The topological polar surface area (TPSA) is 20.3 Å². The molecule has 1 aromatic carbocycles. The highest BCUT2D eigenvalue weighted by molar-refractivity contribution is 5.99. The number of carbonyl (C=O) groups excluding carboxylic acids is 1. The fourth-order valence-electron chi connectivity index (χ4n) is 2.55. The Morgan fingerprint density at radius 1 is 1.29 bits per heavy atom. The molecule has 1 atom stereocenters. The number of ketones is 1. The molecule has 0 aromatic heterocycles. The minimum absolute atomic E-state index is 0.106. The van der Waals surface area contributed by atoms with Crippen molar-refractivity contribution in [1.82, 2.24) is 4.90 Å². The van der Waals surface area contributed by atoms with Crippen LogP contribution in [-0.4, -0.2) is 30.3 Å². The number of hydrogen-bond donors (Lipinski definition) is 0. The van der Waals surface area contributed by atoms with Gasteiger partial charge in [-0.3, -0.25) is 4.79 Å². The van der Waals surface area contributed by atoms with Crippen molar-refractivity contribution in [2.45, 2.75) is 26.7 Å². The van der Waals surface area contributed by atoms with Gasteiger partial charge in [0.25, 0.3) is 0 Å². The predicted molar refractivity (Wildman–Crippen MR) is 70.3 cm³/mol. The first-order valence-corrected chi connectivity index (χ1v) is 6.50. The normalized spacial score (nSPS) is 18.2. The second-order valence-corrected chi connectivity index (χ2v) is 5.09. The summed E-state index contributed by atoms with van der Waals surface area (Å²) >= 11 is 0. The van der Waals surface area contributed by atoms with E-state index in [0.29, 0.717) is 0 Å². The molecule has 1 aliphatic heterocycles. The molecular weight excluding hydrogens is 210 g/mol. The van der Waals surface area contributed by atoms with E-state index in [-0.39, 0.29) is 11.7 Å². The summed E-state index contributed by atoms with van der Waals surface area (Å²) in [4.78, 5) is 14.7. The summed E-state index contributed by atoms with van der Waals surface area (Å²) in [7, 11) is 0. The van der Waals surface area contributed by atoms with Gasteiger partial charge in [-0.15, -0.1) is 0 Å². The third-order valence-electron chi connectivity index (χ3n) is 3.59. The molecule has 1 saturated heterocycles. The van der Waals surface area contributed by atoms with Gasteiger partial charge in [0.15, 0.2) is 5.78 Å². The van der Waals surface area contributed by atoms with Crippen LogP contribution in [0.4, 0.5) is 0 Å². The summed E-state index contributed by atoms with van der Waals surface area (Å²) in [6.07, 6.45) is 2.57. The summed E-state index contributed by atoms with van der Waals surface area (Å²) in [6.45, 7) is 7.28. The maximum atomic E-state index is 12.3. The van der Waals surface area contributed by atoms with Crippen LogP contribution in [0.1, 0.15) is 35.7 Å². The zero-order valence-electron chi connectivity index (χ0n) is 10.8. The smallest absolute Gasteiger partial charge is 0.167 e. The highest BCUT2D eigenvalue weighted by atomic mass is 16.1. The van der Waals surface area contributed by atoms with Crippen LogP contribution in [0.5, 0.6) is 0 Å². The van der Waals surface area contributed by atoms with Crippen molar-refractivity contribution < 1.29 is 4.79 Å². The number of nitrogens with zero attached hydrogens (tertiary/aromatic N) is 1. The summed E-state index contributed by atoms with van der Waals surface area (Å²) in [6, 6.07) is 7.88. The number of carbonyl (C=O) groups is 1. The molecule has 2 heteroatoms. The number of rotatable bonds is 4. The highest BCUT2D eigenvalue weighted by Gasteiger charge is 2.21. The molecule has 17 heavy (non-hydrogen) atoms. The summed E-state index contributed by atoms with van der Waals surface area (Å²) < 4.78 is 0. The highest BCUT2D eigenvalue weighted by Crippen LogP contribution is 2.16. The molecule has 1 heterocycles. The molecule has 1 unspecified atom stereocenters. The average molecular weight is 231 g/mol. The van der Waals surface area contributed by atoms with Gasteiger partial charge in [-0.05, 0) is 38.4 Å². The van der Waals surface area contributed by atoms with Gasteiger partial charge in [0.1, 0.15) is 0 Å². The van der Waals surface area contributed by atoms with E-state index in [4.69, 9.17) is 0 Å². The molecule has 0 aliphatic carbocycles. The Morgan fingerprint density at radius 2 is 1.94 bits per heavy atom. The lowest BCUT2D eigenvalue weighted by atomic mass is 9.95. The van der Waals surface area contributed by atoms with E-state index in [1.165, 1.54) is 12.8 Å². The second kappa shape index (κ2) is 5.46. The van der Waals surface area contributed by atoms with Gasteiger partial charge < -0.3 is 4.90 Å². The summed E-state index contributed by atoms with van der Waals surface area (Å²) in [5.41, 5.74) is 1.98. The monoisotopic (exact) mass is 231 g/mol. The van der Waals surface area contributed by atoms with E-state index in [1.54, 1.807) is 0 Å². The van der Waals surface area contributed by atoms with Crippen molar-refractivity contribution in [3.63, 3.8) is 0 Å². The number of Topliss-reactive ketones (excluding diaryl/α,β-unsaturated/α-hetero) is 1.